The van der Waals surface area contributed by atoms with Crippen molar-refractivity contribution in [1.29, 1.82) is 0 Å². The molecule has 0 fully saturated rings. The summed E-state index contributed by atoms with van der Waals surface area (Å²) in [6.07, 6.45) is 2.65. The van der Waals surface area contributed by atoms with Crippen LogP contribution in [0.25, 0.3) is 0 Å². The van der Waals surface area contributed by atoms with Crippen molar-refractivity contribution in [3.8, 4) is 0 Å². The fourth-order valence-corrected chi connectivity index (χ4v) is 4.08. The molecule has 0 unspecified atom stereocenters. The minimum Gasteiger partial charge on any atom is -0.467 e. The van der Waals surface area contributed by atoms with Crippen molar-refractivity contribution in [3.63, 3.8) is 0 Å². The third kappa shape index (κ3) is 5.76. The Morgan fingerprint density at radius 2 is 1.72 bits per heavy atom. The van der Waals surface area contributed by atoms with Gasteiger partial charge in [0.25, 0.3) is 5.91 Å². The molecule has 0 atom stereocenters. The molecule has 3 rings (SSSR count). The standard InChI is InChI=1S/C20H18Cl2N2O4S/c1-29(26,27)24(18-10-16(21)9-17(22)11-18)13-14-4-6-15(7-5-14)20(25)23-12-19-3-2-8-28-19/h2-11H,12-13H2,1H3,(H,23,25). The lowest BCUT2D eigenvalue weighted by Gasteiger charge is -2.23. The summed E-state index contributed by atoms with van der Waals surface area (Å²) >= 11 is 12.0. The number of benzene rings is 2. The Hall–Kier alpha value is -2.48. The molecule has 0 saturated heterocycles. The van der Waals surface area contributed by atoms with Crippen LogP contribution >= 0.6 is 23.2 Å². The maximum atomic E-state index is 12.3. The molecule has 3 aromatic rings. The third-order valence-electron chi connectivity index (χ3n) is 4.08. The van der Waals surface area contributed by atoms with Gasteiger partial charge in [0, 0.05) is 15.6 Å². The molecule has 1 heterocycles. The predicted molar refractivity (Wildman–Crippen MR) is 114 cm³/mol. The molecule has 0 aliphatic heterocycles. The van der Waals surface area contributed by atoms with Crippen molar-refractivity contribution in [2.24, 2.45) is 0 Å². The van der Waals surface area contributed by atoms with E-state index < -0.39 is 10.0 Å². The highest BCUT2D eigenvalue weighted by Gasteiger charge is 2.19. The number of hydrogen-bond acceptors (Lipinski definition) is 4. The second kappa shape index (κ2) is 8.90. The van der Waals surface area contributed by atoms with Crippen LogP contribution in [0.15, 0.2) is 65.3 Å². The van der Waals surface area contributed by atoms with Crippen molar-refractivity contribution in [1.82, 2.24) is 5.32 Å². The van der Waals surface area contributed by atoms with Crippen molar-refractivity contribution < 1.29 is 17.6 Å². The van der Waals surface area contributed by atoms with Gasteiger partial charge in [-0.15, -0.1) is 0 Å². The number of furan rings is 1. The molecule has 2 aromatic carbocycles. The first-order valence-corrected chi connectivity index (χ1v) is 11.2. The fraction of sp³-hybridized carbons (Fsp3) is 0.150. The summed E-state index contributed by atoms with van der Waals surface area (Å²) in [5, 5.41) is 3.43. The highest BCUT2D eigenvalue weighted by Crippen LogP contribution is 2.28. The summed E-state index contributed by atoms with van der Waals surface area (Å²) in [5.41, 5.74) is 1.52. The van der Waals surface area contributed by atoms with E-state index in [1.54, 1.807) is 36.4 Å². The maximum Gasteiger partial charge on any atom is 0.251 e. The molecule has 0 bridgehead atoms. The number of hydrogen-bond donors (Lipinski definition) is 1. The number of amides is 1. The number of nitrogens with zero attached hydrogens (tertiary/aromatic N) is 1. The van der Waals surface area contributed by atoms with E-state index >= 15 is 0 Å². The van der Waals surface area contributed by atoms with Gasteiger partial charge in [-0.1, -0.05) is 35.3 Å². The summed E-state index contributed by atoms with van der Waals surface area (Å²) in [4.78, 5) is 12.2. The van der Waals surface area contributed by atoms with Crippen LogP contribution in [0.2, 0.25) is 10.0 Å². The normalized spacial score (nSPS) is 11.3. The predicted octanol–water partition coefficient (Wildman–Crippen LogP) is 4.48. The number of sulfonamides is 1. The first-order chi connectivity index (χ1) is 13.7. The Balaban J connectivity index is 1.74. The van der Waals surface area contributed by atoms with Gasteiger partial charge in [0.15, 0.2) is 0 Å². The Bertz CT molecular complexity index is 1080. The molecule has 1 N–H and O–H groups in total. The van der Waals surface area contributed by atoms with E-state index in [0.29, 0.717) is 32.6 Å². The first-order valence-electron chi connectivity index (χ1n) is 8.56. The average Bonchev–Trinajstić information content (AvgIpc) is 3.16. The van der Waals surface area contributed by atoms with Crippen LogP contribution < -0.4 is 9.62 Å². The number of anilines is 1. The zero-order valence-electron chi connectivity index (χ0n) is 15.4. The van der Waals surface area contributed by atoms with Crippen LogP contribution in [0.5, 0.6) is 0 Å². The minimum atomic E-state index is -3.58. The molecule has 1 aromatic heterocycles. The Morgan fingerprint density at radius 1 is 1.07 bits per heavy atom. The lowest BCUT2D eigenvalue weighted by molar-refractivity contribution is 0.0948. The summed E-state index contributed by atoms with van der Waals surface area (Å²) in [6.45, 7) is 0.356. The quantitative estimate of drug-likeness (QED) is 0.572. The summed E-state index contributed by atoms with van der Waals surface area (Å²) in [7, 11) is -3.58. The Kier molecular flexibility index (Phi) is 6.52. The van der Waals surface area contributed by atoms with Gasteiger partial charge in [-0.25, -0.2) is 8.42 Å². The second-order valence-electron chi connectivity index (χ2n) is 6.36. The average molecular weight is 453 g/mol. The molecular formula is C20H18Cl2N2O4S. The highest BCUT2D eigenvalue weighted by atomic mass is 35.5. The van der Waals surface area contributed by atoms with E-state index in [-0.39, 0.29) is 19.0 Å². The van der Waals surface area contributed by atoms with Crippen LogP contribution in [-0.4, -0.2) is 20.6 Å². The number of halogens is 2. The molecule has 29 heavy (non-hydrogen) atoms. The second-order valence-corrected chi connectivity index (χ2v) is 9.14. The highest BCUT2D eigenvalue weighted by molar-refractivity contribution is 7.92. The largest absolute Gasteiger partial charge is 0.467 e. The first kappa shape index (κ1) is 21.2. The molecule has 0 radical (unpaired) electrons. The van der Waals surface area contributed by atoms with Gasteiger partial charge in [0.1, 0.15) is 5.76 Å². The van der Waals surface area contributed by atoms with Gasteiger partial charge in [0.2, 0.25) is 10.0 Å². The lowest BCUT2D eigenvalue weighted by Crippen LogP contribution is -2.29. The molecule has 9 heteroatoms. The molecular weight excluding hydrogens is 435 g/mol. The monoisotopic (exact) mass is 452 g/mol. The SMILES string of the molecule is CS(=O)(=O)N(Cc1ccc(C(=O)NCc2ccco2)cc1)c1cc(Cl)cc(Cl)c1. The van der Waals surface area contributed by atoms with E-state index in [9.17, 15) is 13.2 Å². The molecule has 152 valence electrons. The number of nitrogens with one attached hydrogen (secondary N) is 1. The number of carbonyl (C=O) groups is 1. The van der Waals surface area contributed by atoms with Gasteiger partial charge < -0.3 is 9.73 Å². The van der Waals surface area contributed by atoms with Crippen LogP contribution in [0.3, 0.4) is 0 Å². The van der Waals surface area contributed by atoms with Crippen LogP contribution in [-0.2, 0) is 23.1 Å². The zero-order valence-corrected chi connectivity index (χ0v) is 17.8. The minimum absolute atomic E-state index is 0.0732. The van der Waals surface area contributed by atoms with E-state index in [2.05, 4.69) is 5.32 Å². The van der Waals surface area contributed by atoms with Gasteiger partial charge in [-0.3, -0.25) is 9.10 Å². The van der Waals surface area contributed by atoms with Crippen molar-refractivity contribution in [2.75, 3.05) is 10.6 Å². The number of rotatable bonds is 7. The van der Waals surface area contributed by atoms with E-state index in [4.69, 9.17) is 27.6 Å². The zero-order chi connectivity index (χ0) is 21.0. The van der Waals surface area contributed by atoms with Crippen LogP contribution in [0.4, 0.5) is 5.69 Å². The van der Waals surface area contributed by atoms with Gasteiger partial charge in [-0.05, 0) is 48.0 Å². The van der Waals surface area contributed by atoms with Crippen molar-refractivity contribution in [2.45, 2.75) is 13.1 Å². The van der Waals surface area contributed by atoms with Gasteiger partial charge >= 0.3 is 0 Å². The van der Waals surface area contributed by atoms with Crippen molar-refractivity contribution >= 4 is 44.8 Å². The smallest absolute Gasteiger partial charge is 0.251 e. The van der Waals surface area contributed by atoms with Crippen LogP contribution in [0, 0.1) is 0 Å². The topological polar surface area (TPSA) is 79.6 Å². The summed E-state index contributed by atoms with van der Waals surface area (Å²) < 4.78 is 31.0. The van der Waals surface area contributed by atoms with Gasteiger partial charge in [-0.2, -0.15) is 0 Å². The summed E-state index contributed by atoms with van der Waals surface area (Å²) in [6, 6.07) is 14.8. The summed E-state index contributed by atoms with van der Waals surface area (Å²) in [5.74, 6) is 0.397. The molecule has 0 aliphatic carbocycles. The Morgan fingerprint density at radius 3 is 2.28 bits per heavy atom. The Labute approximate surface area is 179 Å². The molecule has 0 aliphatic rings. The van der Waals surface area contributed by atoms with E-state index in [0.717, 1.165) is 6.26 Å². The van der Waals surface area contributed by atoms with E-state index in [1.807, 2.05) is 0 Å². The third-order valence-corrected chi connectivity index (χ3v) is 5.66. The fourth-order valence-electron chi connectivity index (χ4n) is 2.69. The molecule has 0 spiro atoms. The van der Waals surface area contributed by atoms with Crippen LogP contribution in [0.1, 0.15) is 21.7 Å². The molecule has 6 nitrogen and oxygen atoms in total. The molecule has 0 saturated carbocycles. The lowest BCUT2D eigenvalue weighted by atomic mass is 10.1. The van der Waals surface area contributed by atoms with Gasteiger partial charge in [0.05, 0.1) is 31.3 Å². The maximum absolute atomic E-state index is 12.3. The van der Waals surface area contributed by atoms with E-state index in [1.165, 1.54) is 28.8 Å². The number of carbonyl (C=O) groups excluding carboxylic acids is 1. The van der Waals surface area contributed by atoms with Crippen molar-refractivity contribution in [3.05, 3.63) is 87.8 Å². The molecule has 1 amide bonds.